The van der Waals surface area contributed by atoms with E-state index in [9.17, 15) is 22.5 Å². The number of nitrogen functional groups attached to an aromatic ring is 1. The Morgan fingerprint density at radius 2 is 2.08 bits per heavy atom. The van der Waals surface area contributed by atoms with E-state index < -0.39 is 28.5 Å². The van der Waals surface area contributed by atoms with Gasteiger partial charge in [-0.3, -0.25) is 4.21 Å². The van der Waals surface area contributed by atoms with Crippen molar-refractivity contribution < 1.29 is 22.5 Å². The van der Waals surface area contributed by atoms with Gasteiger partial charge in [-0.25, -0.2) is 9.97 Å². The van der Waals surface area contributed by atoms with Gasteiger partial charge in [-0.1, -0.05) is 0 Å². The summed E-state index contributed by atoms with van der Waals surface area (Å²) >= 11 is 3.24. The normalized spacial score (nSPS) is 33.7. The molecule has 4 N–H and O–H groups in total. The van der Waals surface area contributed by atoms with Crippen molar-refractivity contribution in [2.75, 3.05) is 17.3 Å². The third kappa shape index (κ3) is 2.80. The molecule has 0 amide bonds. The van der Waals surface area contributed by atoms with Crippen molar-refractivity contribution in [2.45, 2.75) is 42.2 Å². The van der Waals surface area contributed by atoms with E-state index >= 15 is 0 Å². The predicted octanol–water partition coefficient (Wildman–Crippen LogP) is 2.06. The predicted molar refractivity (Wildman–Crippen MR) is 85.7 cm³/mol. The van der Waals surface area contributed by atoms with Crippen molar-refractivity contribution in [1.82, 2.24) is 9.97 Å². The third-order valence-corrected chi connectivity index (χ3v) is 6.35. The number of nitrogens with one attached hydrogen (secondary N) is 1. The first-order chi connectivity index (χ1) is 11.0. The molecular weight excluding hydrogens is 413 g/mol. The van der Waals surface area contributed by atoms with Crippen LogP contribution in [0.2, 0.25) is 0 Å². The molecule has 0 spiro atoms. The van der Waals surface area contributed by atoms with E-state index in [1.54, 1.807) is 0 Å². The van der Waals surface area contributed by atoms with Gasteiger partial charge in [-0.05, 0) is 47.0 Å². The number of alkyl halides is 3. The number of aromatic nitrogens is 2. The minimum atomic E-state index is -4.62. The lowest BCUT2D eigenvalue weighted by atomic mass is 9.81. The Bertz CT molecular complexity index is 705. The molecule has 5 atom stereocenters. The smallest absolute Gasteiger partial charge is 0.383 e. The van der Waals surface area contributed by atoms with Crippen LogP contribution in [0.5, 0.6) is 0 Å². The summed E-state index contributed by atoms with van der Waals surface area (Å²) in [6.07, 6.45) is -3.05. The van der Waals surface area contributed by atoms with Crippen molar-refractivity contribution in [1.29, 1.82) is 0 Å². The Morgan fingerprint density at radius 3 is 2.58 bits per heavy atom. The van der Waals surface area contributed by atoms with Crippen LogP contribution in [-0.4, -0.2) is 43.4 Å². The van der Waals surface area contributed by atoms with Crippen LogP contribution in [-0.2, 0) is 10.8 Å². The van der Waals surface area contributed by atoms with Crippen molar-refractivity contribution in [3.05, 3.63) is 4.47 Å². The molecule has 0 aromatic carbocycles. The van der Waals surface area contributed by atoms with Gasteiger partial charge in [-0.2, -0.15) is 13.2 Å². The first-order valence-corrected chi connectivity index (χ1v) is 9.60. The van der Waals surface area contributed by atoms with Gasteiger partial charge in [0.15, 0.2) is 5.60 Å². The van der Waals surface area contributed by atoms with Gasteiger partial charge in [0.05, 0.1) is 10.8 Å². The van der Waals surface area contributed by atoms with Crippen LogP contribution in [0.15, 0.2) is 9.63 Å². The zero-order chi connectivity index (χ0) is 17.9. The van der Waals surface area contributed by atoms with Gasteiger partial charge >= 0.3 is 6.18 Å². The molecule has 2 saturated carbocycles. The number of hydrogen-bond acceptors (Lipinski definition) is 6. The molecule has 6 nitrogen and oxygen atoms in total. The Morgan fingerprint density at radius 1 is 1.42 bits per heavy atom. The molecular formula is C13H16BrF3N4O2S. The van der Waals surface area contributed by atoms with Crippen LogP contribution in [0.4, 0.5) is 24.8 Å². The summed E-state index contributed by atoms with van der Waals surface area (Å²) in [5, 5.41) is 13.1. The number of halogens is 4. The van der Waals surface area contributed by atoms with E-state index in [-0.39, 0.29) is 35.8 Å². The molecule has 24 heavy (non-hydrogen) atoms. The molecule has 0 saturated heterocycles. The number of nitrogens with two attached hydrogens (primary N) is 1. The second kappa shape index (κ2) is 5.80. The van der Waals surface area contributed by atoms with Crippen LogP contribution >= 0.6 is 15.9 Å². The summed E-state index contributed by atoms with van der Waals surface area (Å²) in [6, 6.07) is -0.263. The van der Waals surface area contributed by atoms with E-state index in [2.05, 4.69) is 31.2 Å². The number of hydrogen-bond donors (Lipinski definition) is 3. The second-order valence-corrected chi connectivity index (χ2v) is 8.38. The molecule has 1 heterocycles. The maximum Gasteiger partial charge on any atom is 0.417 e. The summed E-state index contributed by atoms with van der Waals surface area (Å²) in [4.78, 5) is 8.03. The molecule has 0 aliphatic heterocycles. The van der Waals surface area contributed by atoms with E-state index in [0.29, 0.717) is 16.7 Å². The lowest BCUT2D eigenvalue weighted by Crippen LogP contribution is -2.51. The highest BCUT2D eigenvalue weighted by Crippen LogP contribution is 2.57. The van der Waals surface area contributed by atoms with Crippen LogP contribution in [0, 0.1) is 11.8 Å². The third-order valence-electron chi connectivity index (χ3n) is 4.87. The van der Waals surface area contributed by atoms with Crippen molar-refractivity contribution in [3.63, 3.8) is 0 Å². The average molecular weight is 429 g/mol. The van der Waals surface area contributed by atoms with Gasteiger partial charge in [0.25, 0.3) is 0 Å². The molecule has 0 radical (unpaired) electrons. The molecule has 2 aliphatic rings. The summed E-state index contributed by atoms with van der Waals surface area (Å²) in [5.41, 5.74) is 3.15. The van der Waals surface area contributed by atoms with Crippen LogP contribution in [0.25, 0.3) is 0 Å². The minimum Gasteiger partial charge on any atom is -0.383 e. The monoisotopic (exact) mass is 428 g/mol. The zero-order valence-electron chi connectivity index (χ0n) is 12.6. The summed E-state index contributed by atoms with van der Waals surface area (Å²) in [5.74, 6) is -0.744. The highest BCUT2D eigenvalue weighted by Gasteiger charge is 2.66. The van der Waals surface area contributed by atoms with Crippen LogP contribution < -0.4 is 11.1 Å². The topological polar surface area (TPSA) is 101 Å². The van der Waals surface area contributed by atoms with Gasteiger partial charge < -0.3 is 16.2 Å². The number of fused-ring (bicyclic) bond motifs is 2. The molecule has 1 aromatic rings. The Labute approximate surface area is 147 Å². The molecule has 2 fully saturated rings. The first kappa shape index (κ1) is 17.9. The molecule has 3 rings (SSSR count). The summed E-state index contributed by atoms with van der Waals surface area (Å²) in [6.45, 7) is 0. The van der Waals surface area contributed by atoms with Crippen molar-refractivity contribution in [3.8, 4) is 0 Å². The van der Waals surface area contributed by atoms with Crippen LogP contribution in [0.1, 0.15) is 19.3 Å². The Hall–Kier alpha value is -0.940. The number of anilines is 2. The number of aliphatic hydroxyl groups is 1. The first-order valence-electron chi connectivity index (χ1n) is 7.25. The number of nitrogens with zero attached hydrogens (tertiary/aromatic N) is 2. The van der Waals surface area contributed by atoms with Gasteiger partial charge in [-0.15, -0.1) is 0 Å². The van der Waals surface area contributed by atoms with Gasteiger partial charge in [0, 0.05) is 12.3 Å². The van der Waals surface area contributed by atoms with Gasteiger partial charge in [0.2, 0.25) is 5.16 Å². The SMILES string of the molecule is CS(=O)c1nc(N)c(Br)c(NC2CC3CC2CC3(O)C(F)(F)F)n1. The number of rotatable bonds is 3. The summed E-state index contributed by atoms with van der Waals surface area (Å²) < 4.78 is 51.1. The Balaban J connectivity index is 1.80. The lowest BCUT2D eigenvalue weighted by molar-refractivity contribution is -0.277. The fourth-order valence-corrected chi connectivity index (χ4v) is 4.41. The molecule has 2 aliphatic carbocycles. The molecule has 2 bridgehead atoms. The quantitative estimate of drug-likeness (QED) is 0.637. The van der Waals surface area contributed by atoms with Crippen molar-refractivity contribution in [2.24, 2.45) is 11.8 Å². The Kier molecular flexibility index (Phi) is 4.32. The van der Waals surface area contributed by atoms with Crippen LogP contribution in [0.3, 0.4) is 0 Å². The molecule has 5 unspecified atom stereocenters. The standard InChI is InChI=1S/C13H16BrF3N4O2S/c1-24(23)11-20-9(18)8(14)10(21-11)19-7-3-6-2-5(7)4-12(6,22)13(15,16)17/h5-7,22H,2-4H2,1H3,(H3,18,19,20,21). The molecule has 11 heteroatoms. The second-order valence-electron chi connectivity index (χ2n) is 6.31. The minimum absolute atomic E-state index is 0.0492. The lowest BCUT2D eigenvalue weighted by Gasteiger charge is -2.37. The molecule has 1 aromatic heterocycles. The largest absolute Gasteiger partial charge is 0.417 e. The van der Waals surface area contributed by atoms with Crippen molar-refractivity contribution >= 4 is 38.4 Å². The maximum atomic E-state index is 13.1. The van der Waals surface area contributed by atoms with E-state index in [0.717, 1.165) is 0 Å². The van der Waals surface area contributed by atoms with Gasteiger partial charge in [0.1, 0.15) is 16.1 Å². The highest BCUT2D eigenvalue weighted by molar-refractivity contribution is 9.10. The van der Waals surface area contributed by atoms with E-state index in [1.807, 2.05) is 0 Å². The van der Waals surface area contributed by atoms with E-state index in [1.165, 1.54) is 6.26 Å². The molecule has 134 valence electrons. The average Bonchev–Trinajstić information content (AvgIpc) is 3.00. The fraction of sp³-hybridized carbons (Fsp3) is 0.692. The fourth-order valence-electron chi connectivity index (χ4n) is 3.67. The zero-order valence-corrected chi connectivity index (χ0v) is 15.0. The van der Waals surface area contributed by atoms with E-state index in [4.69, 9.17) is 5.73 Å². The highest BCUT2D eigenvalue weighted by atomic mass is 79.9. The maximum absolute atomic E-state index is 13.1. The summed E-state index contributed by atoms with van der Waals surface area (Å²) in [7, 11) is -1.44.